The average Bonchev–Trinajstić information content (AvgIpc) is 2.47. The molecule has 21 heavy (non-hydrogen) atoms. The van der Waals surface area contributed by atoms with E-state index in [2.05, 4.69) is 40.3 Å². The van der Waals surface area contributed by atoms with Crippen molar-refractivity contribution in [1.29, 1.82) is 0 Å². The number of halogens is 1. The predicted molar refractivity (Wildman–Crippen MR) is 90.2 cm³/mol. The van der Waals surface area contributed by atoms with Crippen LogP contribution < -0.4 is 11.1 Å². The van der Waals surface area contributed by atoms with Crippen molar-refractivity contribution >= 4 is 27.5 Å². The minimum Gasteiger partial charge on any atom is -0.374 e. The number of benzene rings is 2. The Labute approximate surface area is 133 Å². The third kappa shape index (κ3) is 4.60. The summed E-state index contributed by atoms with van der Waals surface area (Å²) < 4.78 is 0.965. The Morgan fingerprint density at radius 1 is 1.19 bits per heavy atom. The normalized spacial score (nSPS) is 13.4. The molecule has 0 aromatic heterocycles. The minimum absolute atomic E-state index is 0.253. The molecule has 3 N–H and O–H groups in total. The number of anilines is 1. The van der Waals surface area contributed by atoms with Gasteiger partial charge in [0.15, 0.2) is 0 Å². The molecule has 0 saturated heterocycles. The van der Waals surface area contributed by atoms with E-state index >= 15 is 0 Å². The molecule has 0 fully saturated rings. The summed E-state index contributed by atoms with van der Waals surface area (Å²) in [6.07, 6.45) is 0.659. The number of carbonyl (C=O) groups is 1. The van der Waals surface area contributed by atoms with Crippen molar-refractivity contribution in [3.05, 3.63) is 64.6 Å². The van der Waals surface area contributed by atoms with Gasteiger partial charge in [-0.1, -0.05) is 59.3 Å². The van der Waals surface area contributed by atoms with E-state index in [0.717, 1.165) is 10.2 Å². The molecule has 2 rings (SSSR count). The zero-order valence-corrected chi connectivity index (χ0v) is 13.5. The Kier molecular flexibility index (Phi) is 5.39. The highest BCUT2D eigenvalue weighted by molar-refractivity contribution is 9.10. The molecule has 2 aromatic rings. The topological polar surface area (TPSA) is 55.1 Å². The third-order valence-corrected chi connectivity index (χ3v) is 3.96. The van der Waals surface area contributed by atoms with Crippen LogP contribution in [0.4, 0.5) is 5.69 Å². The van der Waals surface area contributed by atoms with Crippen molar-refractivity contribution in [3.8, 4) is 0 Å². The number of hydrogen-bond donors (Lipinski definition) is 2. The number of nitrogens with two attached hydrogens (primary N) is 1. The van der Waals surface area contributed by atoms with Gasteiger partial charge in [-0.15, -0.1) is 0 Å². The number of rotatable bonds is 6. The van der Waals surface area contributed by atoms with Crippen molar-refractivity contribution in [2.24, 2.45) is 5.73 Å². The van der Waals surface area contributed by atoms with Gasteiger partial charge in [-0.25, -0.2) is 0 Å². The third-order valence-electron chi connectivity index (χ3n) is 3.47. The van der Waals surface area contributed by atoms with Gasteiger partial charge in [0.25, 0.3) is 0 Å². The maximum atomic E-state index is 11.7. The second kappa shape index (κ2) is 7.27. The molecule has 1 amide bonds. The van der Waals surface area contributed by atoms with E-state index in [1.165, 1.54) is 5.56 Å². The van der Waals surface area contributed by atoms with Crippen LogP contribution in [-0.2, 0) is 4.79 Å². The van der Waals surface area contributed by atoms with E-state index in [0.29, 0.717) is 6.42 Å². The molecule has 2 aromatic carbocycles. The molecule has 0 saturated carbocycles. The molecule has 0 aliphatic carbocycles. The van der Waals surface area contributed by atoms with E-state index in [-0.39, 0.29) is 11.8 Å². The number of hydrogen-bond acceptors (Lipinski definition) is 2. The largest absolute Gasteiger partial charge is 0.374 e. The van der Waals surface area contributed by atoms with Crippen molar-refractivity contribution < 1.29 is 4.79 Å². The first-order valence-corrected chi connectivity index (χ1v) is 7.72. The number of carbonyl (C=O) groups excluding carboxylic acids is 1. The van der Waals surface area contributed by atoms with E-state index in [9.17, 15) is 4.79 Å². The summed E-state index contributed by atoms with van der Waals surface area (Å²) in [6, 6.07) is 17.5. The molecule has 0 aliphatic heterocycles. The lowest BCUT2D eigenvalue weighted by atomic mass is 9.93. The smallest absolute Gasteiger partial charge is 0.239 e. The first-order chi connectivity index (χ1) is 10.1. The van der Waals surface area contributed by atoms with Gasteiger partial charge in [0, 0.05) is 10.2 Å². The molecular weight excluding hydrogens is 328 g/mol. The van der Waals surface area contributed by atoms with Gasteiger partial charge >= 0.3 is 0 Å². The molecular formula is C17H19BrN2O. The highest BCUT2D eigenvalue weighted by atomic mass is 79.9. The lowest BCUT2D eigenvalue weighted by Gasteiger charge is -2.21. The maximum absolute atomic E-state index is 11.7. The van der Waals surface area contributed by atoms with E-state index in [1.54, 1.807) is 0 Å². The fourth-order valence-corrected chi connectivity index (χ4v) is 2.70. The van der Waals surface area contributed by atoms with Gasteiger partial charge in [0.05, 0.1) is 0 Å². The second-order valence-corrected chi connectivity index (χ2v) is 6.07. The highest BCUT2D eigenvalue weighted by Gasteiger charge is 2.19. The molecule has 0 radical (unpaired) electrons. The second-order valence-electron chi connectivity index (χ2n) is 5.16. The quantitative estimate of drug-likeness (QED) is 0.832. The molecule has 0 heterocycles. The van der Waals surface area contributed by atoms with Gasteiger partial charge in [-0.3, -0.25) is 4.79 Å². The van der Waals surface area contributed by atoms with E-state index in [4.69, 9.17) is 5.73 Å². The van der Waals surface area contributed by atoms with Crippen LogP contribution >= 0.6 is 15.9 Å². The van der Waals surface area contributed by atoms with E-state index < -0.39 is 6.04 Å². The van der Waals surface area contributed by atoms with Crippen LogP contribution in [0.25, 0.3) is 0 Å². The van der Waals surface area contributed by atoms with Crippen LogP contribution in [0, 0.1) is 0 Å². The molecule has 0 aliphatic rings. The van der Waals surface area contributed by atoms with Gasteiger partial charge < -0.3 is 11.1 Å². The SMILES string of the molecule is CC(CC(Nc1cccc(Br)c1)C(N)=O)c1ccccc1. The Morgan fingerprint density at radius 3 is 2.52 bits per heavy atom. The van der Waals surface area contributed by atoms with Gasteiger partial charge in [-0.2, -0.15) is 0 Å². The van der Waals surface area contributed by atoms with Crippen LogP contribution in [0.2, 0.25) is 0 Å². The first kappa shape index (κ1) is 15.6. The van der Waals surface area contributed by atoms with Crippen LogP contribution in [0.15, 0.2) is 59.1 Å². The van der Waals surface area contributed by atoms with Gasteiger partial charge in [-0.05, 0) is 36.1 Å². The fraction of sp³-hybridized carbons (Fsp3) is 0.235. The zero-order valence-electron chi connectivity index (χ0n) is 11.9. The summed E-state index contributed by atoms with van der Waals surface area (Å²) >= 11 is 3.42. The predicted octanol–water partition coefficient (Wildman–Crippen LogP) is 3.91. The number of nitrogens with one attached hydrogen (secondary N) is 1. The summed E-state index contributed by atoms with van der Waals surface area (Å²) in [4.78, 5) is 11.7. The lowest BCUT2D eigenvalue weighted by molar-refractivity contribution is -0.118. The first-order valence-electron chi connectivity index (χ1n) is 6.92. The molecule has 2 atom stereocenters. The van der Waals surface area contributed by atoms with Crippen LogP contribution in [0.1, 0.15) is 24.8 Å². The monoisotopic (exact) mass is 346 g/mol. The summed E-state index contributed by atoms with van der Waals surface area (Å²) in [6.45, 7) is 2.11. The zero-order chi connectivity index (χ0) is 15.2. The van der Waals surface area contributed by atoms with Crippen molar-refractivity contribution in [2.45, 2.75) is 25.3 Å². The average molecular weight is 347 g/mol. The summed E-state index contributed by atoms with van der Waals surface area (Å²) in [5.41, 5.74) is 7.63. The van der Waals surface area contributed by atoms with Gasteiger partial charge in [0.2, 0.25) is 5.91 Å². The van der Waals surface area contributed by atoms with Gasteiger partial charge in [0.1, 0.15) is 6.04 Å². The minimum atomic E-state index is -0.394. The molecule has 110 valence electrons. The number of primary amides is 1. The fourth-order valence-electron chi connectivity index (χ4n) is 2.30. The molecule has 2 unspecified atom stereocenters. The van der Waals surface area contributed by atoms with Crippen molar-refractivity contribution in [1.82, 2.24) is 0 Å². The Morgan fingerprint density at radius 2 is 1.90 bits per heavy atom. The van der Waals surface area contributed by atoms with Crippen LogP contribution in [0.5, 0.6) is 0 Å². The van der Waals surface area contributed by atoms with Crippen molar-refractivity contribution in [3.63, 3.8) is 0 Å². The number of amides is 1. The van der Waals surface area contributed by atoms with Crippen LogP contribution in [-0.4, -0.2) is 11.9 Å². The lowest BCUT2D eigenvalue weighted by Crippen LogP contribution is -2.36. The molecule has 3 nitrogen and oxygen atoms in total. The molecule has 0 bridgehead atoms. The van der Waals surface area contributed by atoms with Crippen molar-refractivity contribution in [2.75, 3.05) is 5.32 Å². The maximum Gasteiger partial charge on any atom is 0.239 e. The van der Waals surface area contributed by atoms with E-state index in [1.807, 2.05) is 42.5 Å². The Hall–Kier alpha value is -1.81. The summed E-state index contributed by atoms with van der Waals surface area (Å²) in [5.74, 6) is -0.0823. The Balaban J connectivity index is 2.07. The molecule has 4 heteroatoms. The van der Waals surface area contributed by atoms with Crippen LogP contribution in [0.3, 0.4) is 0 Å². The summed E-state index contributed by atoms with van der Waals surface area (Å²) in [5, 5.41) is 3.22. The standard InChI is InChI=1S/C17H19BrN2O/c1-12(13-6-3-2-4-7-13)10-16(17(19)21)20-15-9-5-8-14(18)11-15/h2-9,11-12,16,20H,10H2,1H3,(H2,19,21). The molecule has 0 spiro atoms. The highest BCUT2D eigenvalue weighted by Crippen LogP contribution is 2.23. The Bertz CT molecular complexity index is 601. The summed E-state index contributed by atoms with van der Waals surface area (Å²) in [7, 11) is 0.